The van der Waals surface area contributed by atoms with E-state index < -0.39 is 0 Å². The van der Waals surface area contributed by atoms with Crippen molar-refractivity contribution in [3.8, 4) is 0 Å². The van der Waals surface area contributed by atoms with Crippen LogP contribution in [0.15, 0.2) is 0 Å². The van der Waals surface area contributed by atoms with Gasteiger partial charge in [0.15, 0.2) is 0 Å². The molecule has 0 bridgehead atoms. The standard InChI is InChI=1S/C10H21NO/c1-8(2)5-4-6-10(12)7-9(3)11/h8-9H,4-7,11H2,1-3H3. The first kappa shape index (κ1) is 11.6. The zero-order valence-corrected chi connectivity index (χ0v) is 8.47. The first-order valence-electron chi connectivity index (χ1n) is 4.79. The molecule has 0 aliphatic rings. The minimum atomic E-state index is 0.0246. The smallest absolute Gasteiger partial charge is 0.134 e. The van der Waals surface area contributed by atoms with Crippen LogP contribution >= 0.6 is 0 Å². The third-order valence-electron chi connectivity index (χ3n) is 1.79. The number of nitrogens with two attached hydrogens (primary N) is 1. The molecule has 72 valence electrons. The number of rotatable bonds is 6. The maximum absolute atomic E-state index is 11.2. The number of carbonyl (C=O) groups is 1. The Labute approximate surface area is 75.5 Å². The van der Waals surface area contributed by atoms with Crippen molar-refractivity contribution in [3.05, 3.63) is 0 Å². The normalized spacial score (nSPS) is 13.4. The molecule has 0 amide bonds. The van der Waals surface area contributed by atoms with Crippen molar-refractivity contribution in [3.63, 3.8) is 0 Å². The molecule has 1 unspecified atom stereocenters. The minimum Gasteiger partial charge on any atom is -0.328 e. The van der Waals surface area contributed by atoms with Crippen LogP contribution in [0, 0.1) is 5.92 Å². The summed E-state index contributed by atoms with van der Waals surface area (Å²) in [7, 11) is 0. The molecule has 2 heteroatoms. The molecule has 0 aliphatic carbocycles. The van der Waals surface area contributed by atoms with E-state index >= 15 is 0 Å². The van der Waals surface area contributed by atoms with E-state index in [0.717, 1.165) is 12.8 Å². The Hall–Kier alpha value is -0.370. The average Bonchev–Trinajstić information content (AvgIpc) is 1.84. The third kappa shape index (κ3) is 7.73. The number of hydrogen-bond acceptors (Lipinski definition) is 2. The van der Waals surface area contributed by atoms with Gasteiger partial charge in [-0.05, 0) is 19.3 Å². The quantitative estimate of drug-likeness (QED) is 0.665. The van der Waals surface area contributed by atoms with Crippen LogP contribution in [-0.4, -0.2) is 11.8 Å². The van der Waals surface area contributed by atoms with E-state index in [-0.39, 0.29) is 6.04 Å². The van der Waals surface area contributed by atoms with Gasteiger partial charge in [0, 0.05) is 18.9 Å². The molecule has 0 radical (unpaired) electrons. The van der Waals surface area contributed by atoms with Crippen molar-refractivity contribution in [1.82, 2.24) is 0 Å². The number of ketones is 1. The molecule has 0 spiro atoms. The van der Waals surface area contributed by atoms with Crippen molar-refractivity contribution in [1.29, 1.82) is 0 Å². The number of Topliss-reactive ketones (excluding diaryl/α,β-unsaturated/α-hetero) is 1. The van der Waals surface area contributed by atoms with E-state index in [2.05, 4.69) is 13.8 Å². The summed E-state index contributed by atoms with van der Waals surface area (Å²) in [4.78, 5) is 11.2. The van der Waals surface area contributed by atoms with E-state index in [1.807, 2.05) is 6.92 Å². The molecule has 0 aromatic carbocycles. The van der Waals surface area contributed by atoms with Gasteiger partial charge in [-0.1, -0.05) is 20.3 Å². The average molecular weight is 171 g/mol. The molecular formula is C10H21NO. The lowest BCUT2D eigenvalue weighted by Gasteiger charge is -2.05. The third-order valence-corrected chi connectivity index (χ3v) is 1.79. The van der Waals surface area contributed by atoms with Crippen molar-refractivity contribution in [2.75, 3.05) is 0 Å². The van der Waals surface area contributed by atoms with Crippen LogP contribution in [0.1, 0.15) is 46.5 Å². The molecule has 0 saturated heterocycles. The van der Waals surface area contributed by atoms with Crippen LogP contribution < -0.4 is 5.73 Å². The largest absolute Gasteiger partial charge is 0.328 e. The van der Waals surface area contributed by atoms with Crippen LogP contribution in [-0.2, 0) is 4.79 Å². The second-order valence-electron chi connectivity index (χ2n) is 4.01. The molecule has 0 saturated carbocycles. The van der Waals surface area contributed by atoms with Crippen molar-refractivity contribution in [2.45, 2.75) is 52.5 Å². The predicted octanol–water partition coefficient (Wildman–Crippen LogP) is 2.12. The summed E-state index contributed by atoms with van der Waals surface area (Å²) < 4.78 is 0. The summed E-state index contributed by atoms with van der Waals surface area (Å²) in [5.74, 6) is 1.01. The molecule has 0 aliphatic heterocycles. The molecule has 0 heterocycles. The molecule has 0 rings (SSSR count). The van der Waals surface area contributed by atoms with Gasteiger partial charge in [-0.3, -0.25) is 4.79 Å². The van der Waals surface area contributed by atoms with E-state index in [1.54, 1.807) is 0 Å². The van der Waals surface area contributed by atoms with Crippen molar-refractivity contribution >= 4 is 5.78 Å². The van der Waals surface area contributed by atoms with Gasteiger partial charge < -0.3 is 5.73 Å². The summed E-state index contributed by atoms with van der Waals surface area (Å²) in [5, 5.41) is 0. The van der Waals surface area contributed by atoms with E-state index in [0.29, 0.717) is 24.5 Å². The lowest BCUT2D eigenvalue weighted by Crippen LogP contribution is -2.19. The Morgan fingerprint density at radius 2 is 1.92 bits per heavy atom. The molecule has 0 aromatic rings. The monoisotopic (exact) mass is 171 g/mol. The van der Waals surface area contributed by atoms with Crippen molar-refractivity contribution in [2.24, 2.45) is 11.7 Å². The van der Waals surface area contributed by atoms with E-state index in [1.165, 1.54) is 0 Å². The highest BCUT2D eigenvalue weighted by molar-refractivity contribution is 5.78. The first-order valence-corrected chi connectivity index (χ1v) is 4.79. The number of carbonyl (C=O) groups excluding carboxylic acids is 1. The topological polar surface area (TPSA) is 43.1 Å². The zero-order valence-electron chi connectivity index (χ0n) is 8.47. The maximum Gasteiger partial charge on any atom is 0.134 e. The Morgan fingerprint density at radius 1 is 1.33 bits per heavy atom. The minimum absolute atomic E-state index is 0.0246. The van der Waals surface area contributed by atoms with Crippen LogP contribution in [0.25, 0.3) is 0 Å². The SMILES string of the molecule is CC(C)CCCC(=O)CC(C)N. The Kier molecular flexibility index (Phi) is 5.99. The van der Waals surface area contributed by atoms with E-state index in [4.69, 9.17) is 5.73 Å². The van der Waals surface area contributed by atoms with E-state index in [9.17, 15) is 4.79 Å². The fourth-order valence-corrected chi connectivity index (χ4v) is 1.17. The molecule has 1 atom stereocenters. The number of hydrogen-bond donors (Lipinski definition) is 1. The lowest BCUT2D eigenvalue weighted by molar-refractivity contribution is -0.119. The molecule has 2 nitrogen and oxygen atoms in total. The Balaban J connectivity index is 3.32. The highest BCUT2D eigenvalue weighted by Gasteiger charge is 2.05. The fourth-order valence-electron chi connectivity index (χ4n) is 1.17. The fraction of sp³-hybridized carbons (Fsp3) is 0.900. The Bertz CT molecular complexity index is 130. The Morgan fingerprint density at radius 3 is 2.33 bits per heavy atom. The highest BCUT2D eigenvalue weighted by Crippen LogP contribution is 2.07. The van der Waals surface area contributed by atoms with Gasteiger partial charge >= 0.3 is 0 Å². The first-order chi connectivity index (χ1) is 5.52. The lowest BCUT2D eigenvalue weighted by atomic mass is 10.0. The summed E-state index contributed by atoms with van der Waals surface area (Å²) in [6.07, 6.45) is 3.41. The van der Waals surface area contributed by atoms with Crippen LogP contribution in [0.5, 0.6) is 0 Å². The van der Waals surface area contributed by atoms with Gasteiger partial charge in [-0.25, -0.2) is 0 Å². The summed E-state index contributed by atoms with van der Waals surface area (Å²) in [5.41, 5.74) is 5.50. The van der Waals surface area contributed by atoms with Crippen LogP contribution in [0.2, 0.25) is 0 Å². The molecule has 12 heavy (non-hydrogen) atoms. The molecule has 0 aromatic heterocycles. The second kappa shape index (κ2) is 6.18. The highest BCUT2D eigenvalue weighted by atomic mass is 16.1. The summed E-state index contributed by atoms with van der Waals surface area (Å²) in [6, 6.07) is 0.0246. The van der Waals surface area contributed by atoms with Gasteiger partial charge in [-0.15, -0.1) is 0 Å². The van der Waals surface area contributed by atoms with Crippen molar-refractivity contribution < 1.29 is 4.79 Å². The molecular weight excluding hydrogens is 150 g/mol. The molecule has 0 fully saturated rings. The van der Waals surface area contributed by atoms with Crippen LogP contribution in [0.3, 0.4) is 0 Å². The zero-order chi connectivity index (χ0) is 9.56. The predicted molar refractivity (Wildman–Crippen MR) is 52.0 cm³/mol. The molecule has 2 N–H and O–H groups in total. The maximum atomic E-state index is 11.2. The van der Waals surface area contributed by atoms with Gasteiger partial charge in [0.2, 0.25) is 0 Å². The second-order valence-corrected chi connectivity index (χ2v) is 4.01. The van der Waals surface area contributed by atoms with Crippen LogP contribution in [0.4, 0.5) is 0 Å². The summed E-state index contributed by atoms with van der Waals surface area (Å²) in [6.45, 7) is 6.23. The van der Waals surface area contributed by atoms with Gasteiger partial charge in [0.25, 0.3) is 0 Å². The van der Waals surface area contributed by atoms with Gasteiger partial charge in [0.1, 0.15) is 5.78 Å². The van der Waals surface area contributed by atoms with Gasteiger partial charge in [-0.2, -0.15) is 0 Å². The summed E-state index contributed by atoms with van der Waals surface area (Å²) >= 11 is 0. The van der Waals surface area contributed by atoms with Gasteiger partial charge in [0.05, 0.1) is 0 Å².